The number of nitrogens with zero attached hydrogens (tertiary/aromatic N) is 2. The van der Waals surface area contributed by atoms with Crippen molar-refractivity contribution < 1.29 is 9.53 Å². The van der Waals surface area contributed by atoms with Gasteiger partial charge in [0, 0.05) is 44.6 Å². The maximum atomic E-state index is 12.3. The summed E-state index contributed by atoms with van der Waals surface area (Å²) in [6.45, 7) is 3.79. The van der Waals surface area contributed by atoms with E-state index >= 15 is 0 Å². The Hall–Kier alpha value is -1.04. The number of halogens is 2. The van der Waals surface area contributed by atoms with Crippen LogP contribution in [0.25, 0.3) is 0 Å². The predicted molar refractivity (Wildman–Crippen MR) is 99.2 cm³/mol. The summed E-state index contributed by atoms with van der Waals surface area (Å²) in [5.41, 5.74) is 0. The van der Waals surface area contributed by atoms with Crippen LogP contribution in [0.5, 0.6) is 5.88 Å². The zero-order chi connectivity index (χ0) is 15.2. The van der Waals surface area contributed by atoms with Gasteiger partial charge >= 0.3 is 0 Å². The summed E-state index contributed by atoms with van der Waals surface area (Å²) in [6, 6.07) is 5.69. The maximum absolute atomic E-state index is 12.3. The van der Waals surface area contributed by atoms with E-state index < -0.39 is 0 Å². The Balaban J connectivity index is 0.00000144. The van der Waals surface area contributed by atoms with Crippen molar-refractivity contribution in [3.05, 3.63) is 24.4 Å². The quantitative estimate of drug-likeness (QED) is 0.859. The molecule has 1 aromatic rings. The molecule has 1 unspecified atom stereocenters. The molecule has 3 rings (SSSR count). The van der Waals surface area contributed by atoms with Gasteiger partial charge in [-0.1, -0.05) is 6.07 Å². The summed E-state index contributed by atoms with van der Waals surface area (Å²) in [4.78, 5) is 18.5. The van der Waals surface area contributed by atoms with Gasteiger partial charge in [-0.2, -0.15) is 0 Å². The molecule has 0 aromatic carbocycles. The Bertz CT molecular complexity index is 476. The molecular weight excluding hydrogens is 349 g/mol. The van der Waals surface area contributed by atoms with E-state index in [2.05, 4.69) is 10.3 Å². The topological polar surface area (TPSA) is 54.5 Å². The van der Waals surface area contributed by atoms with Crippen molar-refractivity contribution in [3.8, 4) is 5.88 Å². The first-order chi connectivity index (χ1) is 10.8. The first-order valence-corrected chi connectivity index (χ1v) is 8.37. The molecule has 5 nitrogen and oxygen atoms in total. The number of nitrogens with one attached hydrogen (secondary N) is 1. The lowest BCUT2D eigenvalue weighted by Crippen LogP contribution is -2.41. The van der Waals surface area contributed by atoms with Crippen LogP contribution in [0.1, 0.15) is 32.1 Å². The first kappa shape index (κ1) is 21.0. The van der Waals surface area contributed by atoms with Crippen molar-refractivity contribution in [2.75, 3.05) is 26.2 Å². The maximum Gasteiger partial charge on any atom is 0.222 e. The van der Waals surface area contributed by atoms with Crippen molar-refractivity contribution in [3.63, 3.8) is 0 Å². The molecule has 2 aliphatic heterocycles. The van der Waals surface area contributed by atoms with E-state index in [0.29, 0.717) is 24.1 Å². The number of rotatable bonds is 5. The minimum absolute atomic E-state index is 0. The van der Waals surface area contributed by atoms with Crippen LogP contribution in [-0.4, -0.2) is 48.1 Å². The molecule has 1 N–H and O–H groups in total. The van der Waals surface area contributed by atoms with Crippen LogP contribution in [0, 0.1) is 5.92 Å². The standard InChI is InChI=1S/C17H25N3O2.2ClH/c21-17(5-4-14-6-10-18-13-14)20-11-7-15(8-12-20)22-16-3-1-2-9-19-16;;/h1-3,9,14-15,18H,4-8,10-13H2;2*1H. The molecule has 2 fully saturated rings. The first-order valence-electron chi connectivity index (χ1n) is 8.37. The highest BCUT2D eigenvalue weighted by Crippen LogP contribution is 2.19. The second kappa shape index (κ2) is 10.7. The number of piperidine rings is 1. The minimum atomic E-state index is 0. The van der Waals surface area contributed by atoms with Gasteiger partial charge in [0.1, 0.15) is 6.10 Å². The van der Waals surface area contributed by atoms with Crippen LogP contribution >= 0.6 is 24.8 Å². The van der Waals surface area contributed by atoms with Crippen molar-refractivity contribution in [1.29, 1.82) is 0 Å². The molecule has 2 aliphatic rings. The Kier molecular flexibility index (Phi) is 9.41. The van der Waals surface area contributed by atoms with Gasteiger partial charge < -0.3 is 15.0 Å². The molecule has 1 aromatic heterocycles. The molecule has 1 atom stereocenters. The van der Waals surface area contributed by atoms with Crippen molar-refractivity contribution in [2.45, 2.75) is 38.2 Å². The SMILES string of the molecule is Cl.Cl.O=C(CCC1CCNC1)N1CCC(Oc2ccccn2)CC1. The van der Waals surface area contributed by atoms with Crippen LogP contribution in [0.3, 0.4) is 0 Å². The molecule has 3 heterocycles. The van der Waals surface area contributed by atoms with E-state index in [9.17, 15) is 4.79 Å². The number of carbonyl (C=O) groups is 1. The third kappa shape index (κ3) is 6.11. The molecule has 24 heavy (non-hydrogen) atoms. The number of pyridine rings is 1. The monoisotopic (exact) mass is 375 g/mol. The lowest BCUT2D eigenvalue weighted by molar-refractivity contribution is -0.133. The van der Waals surface area contributed by atoms with Crippen LogP contribution in [0.2, 0.25) is 0 Å². The lowest BCUT2D eigenvalue weighted by atomic mass is 10.0. The zero-order valence-corrected chi connectivity index (χ0v) is 15.5. The fourth-order valence-corrected chi connectivity index (χ4v) is 3.26. The molecule has 0 spiro atoms. The van der Waals surface area contributed by atoms with Gasteiger partial charge in [-0.3, -0.25) is 4.79 Å². The molecular formula is C17H27Cl2N3O2. The highest BCUT2D eigenvalue weighted by Gasteiger charge is 2.25. The number of amides is 1. The summed E-state index contributed by atoms with van der Waals surface area (Å²) in [5, 5.41) is 3.36. The van der Waals surface area contributed by atoms with E-state index in [0.717, 1.165) is 45.4 Å². The van der Waals surface area contributed by atoms with E-state index in [-0.39, 0.29) is 30.9 Å². The summed E-state index contributed by atoms with van der Waals surface area (Å²) in [5.74, 6) is 1.68. The van der Waals surface area contributed by atoms with Gasteiger partial charge in [0.15, 0.2) is 0 Å². The average Bonchev–Trinajstić information content (AvgIpc) is 3.08. The van der Waals surface area contributed by atoms with Crippen molar-refractivity contribution >= 4 is 30.7 Å². The smallest absolute Gasteiger partial charge is 0.222 e. The third-order valence-electron chi connectivity index (χ3n) is 4.65. The molecule has 2 saturated heterocycles. The van der Waals surface area contributed by atoms with Crippen molar-refractivity contribution in [2.24, 2.45) is 5.92 Å². The highest BCUT2D eigenvalue weighted by atomic mass is 35.5. The van der Waals surface area contributed by atoms with E-state index in [1.165, 1.54) is 6.42 Å². The summed E-state index contributed by atoms with van der Waals surface area (Å²) >= 11 is 0. The Morgan fingerprint density at radius 2 is 2.04 bits per heavy atom. The summed E-state index contributed by atoms with van der Waals surface area (Å²) in [7, 11) is 0. The van der Waals surface area contributed by atoms with Crippen molar-refractivity contribution in [1.82, 2.24) is 15.2 Å². The van der Waals surface area contributed by atoms with E-state index in [1.54, 1.807) is 6.20 Å². The number of ether oxygens (including phenoxy) is 1. The minimum Gasteiger partial charge on any atom is -0.474 e. The van der Waals surface area contributed by atoms with E-state index in [4.69, 9.17) is 4.74 Å². The largest absolute Gasteiger partial charge is 0.474 e. The van der Waals surface area contributed by atoms with Crippen LogP contribution in [0.4, 0.5) is 0 Å². The van der Waals surface area contributed by atoms with Gasteiger partial charge in [-0.05, 0) is 37.9 Å². The van der Waals surface area contributed by atoms with Crippen LogP contribution in [-0.2, 0) is 4.79 Å². The number of hydrogen-bond acceptors (Lipinski definition) is 4. The van der Waals surface area contributed by atoms with Crippen LogP contribution < -0.4 is 10.1 Å². The number of likely N-dealkylation sites (tertiary alicyclic amines) is 1. The van der Waals surface area contributed by atoms with Gasteiger partial charge in [0.25, 0.3) is 0 Å². The molecule has 0 bridgehead atoms. The average molecular weight is 376 g/mol. The van der Waals surface area contributed by atoms with Crippen LogP contribution in [0.15, 0.2) is 24.4 Å². The fraction of sp³-hybridized carbons (Fsp3) is 0.647. The fourth-order valence-electron chi connectivity index (χ4n) is 3.26. The predicted octanol–water partition coefficient (Wildman–Crippen LogP) is 2.68. The van der Waals surface area contributed by atoms with Gasteiger partial charge in [0.05, 0.1) is 0 Å². The number of carbonyl (C=O) groups excluding carboxylic acids is 1. The summed E-state index contributed by atoms with van der Waals surface area (Å²) < 4.78 is 5.87. The Labute approximate surface area is 156 Å². The molecule has 0 radical (unpaired) electrons. The molecule has 0 saturated carbocycles. The third-order valence-corrected chi connectivity index (χ3v) is 4.65. The molecule has 0 aliphatic carbocycles. The van der Waals surface area contributed by atoms with Gasteiger partial charge in [-0.15, -0.1) is 24.8 Å². The molecule has 1 amide bonds. The summed E-state index contributed by atoms with van der Waals surface area (Å²) in [6.07, 6.45) is 6.65. The van der Waals surface area contributed by atoms with Gasteiger partial charge in [0.2, 0.25) is 11.8 Å². The molecule has 136 valence electrons. The normalized spacial score (nSPS) is 20.8. The van der Waals surface area contributed by atoms with E-state index in [1.807, 2.05) is 23.1 Å². The zero-order valence-electron chi connectivity index (χ0n) is 13.9. The Morgan fingerprint density at radius 3 is 2.67 bits per heavy atom. The number of hydrogen-bond donors (Lipinski definition) is 1. The lowest BCUT2D eigenvalue weighted by Gasteiger charge is -2.32. The van der Waals surface area contributed by atoms with Gasteiger partial charge in [-0.25, -0.2) is 4.98 Å². The Morgan fingerprint density at radius 1 is 1.25 bits per heavy atom. The second-order valence-electron chi connectivity index (χ2n) is 6.26. The molecule has 7 heteroatoms. The second-order valence-corrected chi connectivity index (χ2v) is 6.26. The highest BCUT2D eigenvalue weighted by molar-refractivity contribution is 5.85. The number of aromatic nitrogens is 1.